The Morgan fingerprint density at radius 1 is 1.08 bits per heavy atom. The molecule has 2 aliphatic carbocycles. The molecule has 0 spiro atoms. The number of rotatable bonds is 12. The predicted octanol–water partition coefficient (Wildman–Crippen LogP) is 3.59. The highest BCUT2D eigenvalue weighted by molar-refractivity contribution is 5.81. The third-order valence-electron chi connectivity index (χ3n) is 3.86. The van der Waals surface area contributed by atoms with E-state index < -0.39 is 11.9 Å². The summed E-state index contributed by atoms with van der Waals surface area (Å²) >= 11 is 0. The molecule has 140 valence electrons. The fourth-order valence-corrected chi connectivity index (χ4v) is 2.67. The first-order chi connectivity index (χ1) is 12.1. The molecule has 0 saturated carbocycles. The maximum atomic E-state index is 10.9. The minimum Gasteiger partial charge on any atom is -0.460 e. The average molecular weight is 352 g/mol. The van der Waals surface area contributed by atoms with E-state index in [1.54, 1.807) is 6.92 Å². The van der Waals surface area contributed by atoms with Crippen molar-refractivity contribution in [2.24, 2.45) is 0 Å². The molecule has 0 N–H and O–H groups in total. The Morgan fingerprint density at radius 3 is 2.20 bits per heavy atom. The minimum atomic E-state index is -1.15. The summed E-state index contributed by atoms with van der Waals surface area (Å²) in [6.45, 7) is 6.27. The minimum absolute atomic E-state index is 0.189. The lowest BCUT2D eigenvalue weighted by molar-refractivity contribution is -0.343. The van der Waals surface area contributed by atoms with Crippen LogP contribution in [0.15, 0.2) is 36.3 Å². The molecule has 2 rings (SSSR count). The lowest BCUT2D eigenvalue weighted by Gasteiger charge is -2.31. The highest BCUT2D eigenvalue weighted by Gasteiger charge is 2.33. The quantitative estimate of drug-likeness (QED) is 0.231. The van der Waals surface area contributed by atoms with Gasteiger partial charge in [0.05, 0.1) is 31.3 Å². The van der Waals surface area contributed by atoms with Crippen molar-refractivity contribution in [2.75, 3.05) is 26.4 Å². The molecule has 0 atom stereocenters. The molecule has 0 radical (unpaired) electrons. The molecule has 0 unspecified atom stereocenters. The summed E-state index contributed by atoms with van der Waals surface area (Å²) in [5.41, 5.74) is 0. The van der Waals surface area contributed by atoms with Crippen LogP contribution >= 0.6 is 0 Å². The van der Waals surface area contributed by atoms with Gasteiger partial charge < -0.3 is 23.7 Å². The number of carbonyl (C=O) groups is 1. The van der Waals surface area contributed by atoms with Gasteiger partial charge in [0.25, 0.3) is 0 Å². The summed E-state index contributed by atoms with van der Waals surface area (Å²) in [5, 5.41) is 0. The van der Waals surface area contributed by atoms with Gasteiger partial charge in [0.15, 0.2) is 0 Å². The Hall–Kier alpha value is -1.79. The Morgan fingerprint density at radius 2 is 1.68 bits per heavy atom. The van der Waals surface area contributed by atoms with Crippen molar-refractivity contribution in [2.45, 2.75) is 51.4 Å². The molecule has 25 heavy (non-hydrogen) atoms. The SMILES string of the molecule is C=CC(=O)OCCOCCOC(C)(OC1=CCCC1)OC1=CCCC1. The average Bonchev–Trinajstić information content (AvgIpc) is 3.27. The zero-order chi connectivity index (χ0) is 18.0. The molecule has 0 aromatic heterocycles. The molecule has 0 aromatic carbocycles. The summed E-state index contributed by atoms with van der Waals surface area (Å²) in [7, 11) is 0. The van der Waals surface area contributed by atoms with Crippen molar-refractivity contribution < 1.29 is 28.5 Å². The lowest BCUT2D eigenvalue weighted by atomic mass is 10.3. The Bertz CT molecular complexity index is 482. The largest absolute Gasteiger partial charge is 0.460 e. The van der Waals surface area contributed by atoms with E-state index in [4.69, 9.17) is 23.7 Å². The van der Waals surface area contributed by atoms with Gasteiger partial charge in [0.1, 0.15) is 6.61 Å². The number of allylic oxidation sites excluding steroid dienone is 4. The van der Waals surface area contributed by atoms with E-state index in [1.165, 1.54) is 0 Å². The van der Waals surface area contributed by atoms with E-state index >= 15 is 0 Å². The highest BCUT2D eigenvalue weighted by atomic mass is 16.9. The lowest BCUT2D eigenvalue weighted by Crippen LogP contribution is -2.36. The van der Waals surface area contributed by atoms with Gasteiger partial charge in [0.2, 0.25) is 0 Å². The number of ether oxygens (including phenoxy) is 5. The smallest absolute Gasteiger partial charge is 0.368 e. The molecular formula is C19H28O6. The topological polar surface area (TPSA) is 63.2 Å². The van der Waals surface area contributed by atoms with Crippen molar-refractivity contribution in [3.63, 3.8) is 0 Å². The number of carbonyl (C=O) groups excluding carboxylic acids is 1. The maximum Gasteiger partial charge on any atom is 0.368 e. The zero-order valence-electron chi connectivity index (χ0n) is 15.0. The first kappa shape index (κ1) is 19.5. The van der Waals surface area contributed by atoms with E-state index in [0.717, 1.165) is 56.1 Å². The Balaban J connectivity index is 1.71. The van der Waals surface area contributed by atoms with Crippen molar-refractivity contribution in [1.82, 2.24) is 0 Å². The van der Waals surface area contributed by atoms with Crippen LogP contribution < -0.4 is 0 Å². The van der Waals surface area contributed by atoms with E-state index in [-0.39, 0.29) is 6.61 Å². The van der Waals surface area contributed by atoms with Gasteiger partial charge in [-0.25, -0.2) is 4.79 Å². The molecule has 2 aliphatic rings. The van der Waals surface area contributed by atoms with Gasteiger partial charge in [0, 0.05) is 25.8 Å². The van der Waals surface area contributed by atoms with E-state index in [9.17, 15) is 4.79 Å². The maximum absolute atomic E-state index is 10.9. The van der Waals surface area contributed by atoms with Crippen LogP contribution in [0.2, 0.25) is 0 Å². The number of hydrogen-bond acceptors (Lipinski definition) is 6. The van der Waals surface area contributed by atoms with Crippen LogP contribution in [0.4, 0.5) is 0 Å². The molecule has 0 heterocycles. The summed E-state index contributed by atoms with van der Waals surface area (Å²) in [6, 6.07) is 0. The van der Waals surface area contributed by atoms with Crippen LogP contribution in [-0.2, 0) is 28.5 Å². The van der Waals surface area contributed by atoms with Crippen molar-refractivity contribution in [3.8, 4) is 0 Å². The second kappa shape index (κ2) is 10.3. The first-order valence-corrected chi connectivity index (χ1v) is 8.88. The van der Waals surface area contributed by atoms with Crippen LogP contribution in [0, 0.1) is 0 Å². The summed E-state index contributed by atoms with van der Waals surface area (Å²) in [4.78, 5) is 10.9. The molecule has 0 bridgehead atoms. The number of hydrogen-bond donors (Lipinski definition) is 0. The van der Waals surface area contributed by atoms with Gasteiger partial charge in [-0.1, -0.05) is 6.58 Å². The Labute approximate surface area is 149 Å². The number of esters is 1. The second-order valence-corrected chi connectivity index (χ2v) is 6.02. The van der Waals surface area contributed by atoms with Crippen molar-refractivity contribution >= 4 is 5.97 Å². The van der Waals surface area contributed by atoms with Crippen molar-refractivity contribution in [1.29, 1.82) is 0 Å². The van der Waals surface area contributed by atoms with Crippen LogP contribution in [0.5, 0.6) is 0 Å². The van der Waals surface area contributed by atoms with E-state index in [2.05, 4.69) is 18.7 Å². The fraction of sp³-hybridized carbons (Fsp3) is 0.632. The molecule has 0 aliphatic heterocycles. The third kappa shape index (κ3) is 7.32. The van der Waals surface area contributed by atoms with Gasteiger partial charge >= 0.3 is 11.9 Å². The molecule has 6 heteroatoms. The summed E-state index contributed by atoms with van der Waals surface area (Å²) in [6.07, 6.45) is 11.4. The van der Waals surface area contributed by atoms with Crippen LogP contribution in [-0.4, -0.2) is 38.4 Å². The van der Waals surface area contributed by atoms with Crippen molar-refractivity contribution in [3.05, 3.63) is 36.3 Å². The van der Waals surface area contributed by atoms with Crippen LogP contribution in [0.3, 0.4) is 0 Å². The molecule has 0 fully saturated rings. The van der Waals surface area contributed by atoms with E-state index in [0.29, 0.717) is 19.8 Å². The Kier molecular flexibility index (Phi) is 8.01. The van der Waals surface area contributed by atoms with Gasteiger partial charge in [-0.15, -0.1) is 0 Å². The van der Waals surface area contributed by atoms with Gasteiger partial charge in [-0.05, 0) is 37.8 Å². The summed E-state index contributed by atoms with van der Waals surface area (Å²) < 4.78 is 28.0. The van der Waals surface area contributed by atoms with Crippen LogP contribution in [0.25, 0.3) is 0 Å². The third-order valence-corrected chi connectivity index (χ3v) is 3.86. The molecule has 0 amide bonds. The highest BCUT2D eigenvalue weighted by Crippen LogP contribution is 2.31. The second-order valence-electron chi connectivity index (χ2n) is 6.02. The van der Waals surface area contributed by atoms with Gasteiger partial charge in [-0.3, -0.25) is 0 Å². The molecule has 0 saturated heterocycles. The normalized spacial score (nSPS) is 17.0. The zero-order valence-corrected chi connectivity index (χ0v) is 15.0. The molecule has 0 aromatic rings. The van der Waals surface area contributed by atoms with Gasteiger partial charge in [-0.2, -0.15) is 0 Å². The molecular weight excluding hydrogens is 324 g/mol. The first-order valence-electron chi connectivity index (χ1n) is 8.88. The van der Waals surface area contributed by atoms with E-state index in [1.807, 2.05) is 0 Å². The fourth-order valence-electron chi connectivity index (χ4n) is 2.67. The van der Waals surface area contributed by atoms with Crippen LogP contribution in [0.1, 0.15) is 45.4 Å². The molecule has 6 nitrogen and oxygen atoms in total. The standard InChI is InChI=1S/C19H28O6/c1-3-18(20)22-14-12-21-13-15-23-19(2,24-16-8-4-5-9-16)25-17-10-6-7-11-17/h3,8,10H,1,4-7,9,11-15H2,2H3. The summed E-state index contributed by atoms with van der Waals surface area (Å²) in [5.74, 6) is 0.228. The predicted molar refractivity (Wildman–Crippen MR) is 92.4 cm³/mol. The monoisotopic (exact) mass is 352 g/mol.